The van der Waals surface area contributed by atoms with Gasteiger partial charge in [-0.05, 0) is 11.4 Å². The normalized spacial score (nSPS) is 11.4. The molecule has 0 aliphatic heterocycles. The van der Waals surface area contributed by atoms with Gasteiger partial charge in [-0.15, -0.1) is 11.3 Å². The maximum Gasteiger partial charge on any atom is 0.271 e. The first-order valence-electron chi connectivity index (χ1n) is 4.74. The van der Waals surface area contributed by atoms with Gasteiger partial charge >= 0.3 is 0 Å². The van der Waals surface area contributed by atoms with E-state index in [0.29, 0.717) is 11.2 Å². The number of ether oxygens (including phenoxy) is 2. The van der Waals surface area contributed by atoms with Gasteiger partial charge in [0.2, 0.25) is 0 Å². The van der Waals surface area contributed by atoms with Crippen LogP contribution in [-0.4, -0.2) is 30.1 Å². The molecule has 0 aliphatic rings. The van der Waals surface area contributed by atoms with Crippen LogP contribution in [0.5, 0.6) is 0 Å². The summed E-state index contributed by atoms with van der Waals surface area (Å²) < 4.78 is 12.2. The van der Waals surface area contributed by atoms with Gasteiger partial charge in [0.15, 0.2) is 6.29 Å². The second-order valence-corrected chi connectivity index (χ2v) is 4.15. The molecule has 0 atom stereocenters. The fraction of sp³-hybridized carbons (Fsp3) is 0.400. The summed E-state index contributed by atoms with van der Waals surface area (Å²) in [6, 6.07) is 1.83. The minimum absolute atomic E-state index is 0.0564. The molecule has 0 unspecified atom stereocenters. The van der Waals surface area contributed by atoms with E-state index in [1.165, 1.54) is 36.5 Å². The number of hydrogen-bond donors (Lipinski definition) is 0. The van der Waals surface area contributed by atoms with Crippen molar-refractivity contribution in [3.63, 3.8) is 0 Å². The van der Waals surface area contributed by atoms with Crippen LogP contribution in [0.1, 0.15) is 0 Å². The molecule has 0 saturated carbocycles. The number of aromatic nitrogens is 2. The topological polar surface area (TPSA) is 53.4 Å². The molecule has 86 valence electrons. The first kappa shape index (κ1) is 11.3. The summed E-state index contributed by atoms with van der Waals surface area (Å²) in [6.45, 7) is 0.340. The highest BCUT2D eigenvalue weighted by Gasteiger charge is 2.10. The molecule has 0 aromatic carbocycles. The van der Waals surface area contributed by atoms with Crippen molar-refractivity contribution >= 4 is 21.6 Å². The molecule has 0 N–H and O–H groups in total. The molecule has 0 fully saturated rings. The van der Waals surface area contributed by atoms with Crippen molar-refractivity contribution in [2.45, 2.75) is 12.8 Å². The largest absolute Gasteiger partial charge is 0.354 e. The van der Waals surface area contributed by atoms with Crippen molar-refractivity contribution < 1.29 is 9.47 Å². The molecule has 0 amide bonds. The van der Waals surface area contributed by atoms with Gasteiger partial charge in [-0.3, -0.25) is 9.36 Å². The van der Waals surface area contributed by atoms with Crippen LogP contribution in [0.2, 0.25) is 0 Å². The number of methoxy groups -OCH3 is 2. The second-order valence-electron chi connectivity index (χ2n) is 3.24. The van der Waals surface area contributed by atoms with Gasteiger partial charge in [-0.25, -0.2) is 4.98 Å². The zero-order valence-corrected chi connectivity index (χ0v) is 9.86. The fourth-order valence-electron chi connectivity index (χ4n) is 1.41. The SMILES string of the molecule is COC(Cn1cnc2ccsc2c1=O)OC. The number of thiophene rings is 1. The molecule has 16 heavy (non-hydrogen) atoms. The van der Waals surface area contributed by atoms with E-state index in [1.54, 1.807) is 0 Å². The summed E-state index contributed by atoms with van der Waals surface area (Å²) in [5.74, 6) is 0. The molecular formula is C10H12N2O3S. The molecule has 0 radical (unpaired) electrons. The van der Waals surface area contributed by atoms with Gasteiger partial charge in [0, 0.05) is 14.2 Å². The molecular weight excluding hydrogens is 228 g/mol. The van der Waals surface area contributed by atoms with Crippen LogP contribution in [0, 0.1) is 0 Å². The fourth-order valence-corrected chi connectivity index (χ4v) is 2.21. The van der Waals surface area contributed by atoms with Gasteiger partial charge in [-0.1, -0.05) is 0 Å². The number of nitrogens with zero attached hydrogens (tertiary/aromatic N) is 2. The lowest BCUT2D eigenvalue weighted by Gasteiger charge is -2.14. The minimum Gasteiger partial charge on any atom is -0.354 e. The van der Waals surface area contributed by atoms with Crippen LogP contribution < -0.4 is 5.56 Å². The zero-order valence-electron chi connectivity index (χ0n) is 9.04. The molecule has 2 rings (SSSR count). The number of hydrogen-bond acceptors (Lipinski definition) is 5. The molecule has 2 heterocycles. The lowest BCUT2D eigenvalue weighted by atomic mass is 10.4. The van der Waals surface area contributed by atoms with Crippen molar-refractivity contribution in [2.24, 2.45) is 0 Å². The summed E-state index contributed by atoms with van der Waals surface area (Å²) in [5.41, 5.74) is 0.678. The Bertz CT molecular complexity index is 530. The Labute approximate surface area is 96.3 Å². The Hall–Kier alpha value is -1.24. The maximum atomic E-state index is 12.0. The van der Waals surface area contributed by atoms with E-state index in [1.807, 2.05) is 11.4 Å². The first-order chi connectivity index (χ1) is 7.76. The molecule has 0 aliphatic carbocycles. The van der Waals surface area contributed by atoms with Crippen LogP contribution in [0.3, 0.4) is 0 Å². The van der Waals surface area contributed by atoms with Crippen molar-refractivity contribution in [1.82, 2.24) is 9.55 Å². The first-order valence-corrected chi connectivity index (χ1v) is 5.62. The maximum absolute atomic E-state index is 12.0. The quantitative estimate of drug-likeness (QED) is 0.750. The third kappa shape index (κ3) is 1.99. The average molecular weight is 240 g/mol. The highest BCUT2D eigenvalue weighted by Crippen LogP contribution is 2.13. The van der Waals surface area contributed by atoms with E-state index in [0.717, 1.165) is 5.52 Å². The van der Waals surface area contributed by atoms with Gasteiger partial charge in [0.25, 0.3) is 5.56 Å². The Balaban J connectivity index is 2.37. The summed E-state index contributed by atoms with van der Waals surface area (Å²) >= 11 is 1.39. The van der Waals surface area contributed by atoms with Crippen molar-refractivity contribution in [3.8, 4) is 0 Å². The van der Waals surface area contributed by atoms with E-state index >= 15 is 0 Å². The predicted molar refractivity (Wildman–Crippen MR) is 61.7 cm³/mol. The molecule has 2 aromatic heterocycles. The highest BCUT2D eigenvalue weighted by molar-refractivity contribution is 7.17. The molecule has 6 heteroatoms. The van der Waals surface area contributed by atoms with Crippen LogP contribution in [-0.2, 0) is 16.0 Å². The Morgan fingerprint density at radius 1 is 1.50 bits per heavy atom. The summed E-state index contributed by atoms with van der Waals surface area (Å²) in [6.07, 6.45) is 1.08. The van der Waals surface area contributed by atoms with E-state index in [-0.39, 0.29) is 5.56 Å². The third-order valence-electron chi connectivity index (χ3n) is 2.31. The van der Waals surface area contributed by atoms with E-state index in [9.17, 15) is 4.79 Å². The monoisotopic (exact) mass is 240 g/mol. The van der Waals surface area contributed by atoms with Crippen molar-refractivity contribution in [2.75, 3.05) is 14.2 Å². The van der Waals surface area contributed by atoms with Crippen molar-refractivity contribution in [3.05, 3.63) is 28.1 Å². The van der Waals surface area contributed by atoms with Crippen LogP contribution in [0.25, 0.3) is 10.2 Å². The average Bonchev–Trinajstić information content (AvgIpc) is 2.77. The van der Waals surface area contributed by atoms with Crippen LogP contribution in [0.15, 0.2) is 22.6 Å². The van der Waals surface area contributed by atoms with Crippen LogP contribution >= 0.6 is 11.3 Å². The smallest absolute Gasteiger partial charge is 0.271 e. The van der Waals surface area contributed by atoms with Crippen molar-refractivity contribution in [1.29, 1.82) is 0 Å². The van der Waals surface area contributed by atoms with Gasteiger partial charge in [-0.2, -0.15) is 0 Å². The lowest BCUT2D eigenvalue weighted by molar-refractivity contribution is -0.111. The number of fused-ring (bicyclic) bond motifs is 1. The molecule has 2 aromatic rings. The number of rotatable bonds is 4. The van der Waals surface area contributed by atoms with Gasteiger partial charge in [0.05, 0.1) is 18.4 Å². The Kier molecular flexibility index (Phi) is 3.33. The summed E-state index contributed by atoms with van der Waals surface area (Å²) in [5, 5.41) is 1.85. The lowest BCUT2D eigenvalue weighted by Crippen LogP contribution is -2.28. The molecule has 0 bridgehead atoms. The molecule has 0 saturated heterocycles. The molecule has 0 spiro atoms. The highest BCUT2D eigenvalue weighted by atomic mass is 32.1. The van der Waals surface area contributed by atoms with E-state index in [2.05, 4.69) is 4.98 Å². The van der Waals surface area contributed by atoms with Gasteiger partial charge in [0.1, 0.15) is 4.70 Å². The van der Waals surface area contributed by atoms with E-state index in [4.69, 9.17) is 9.47 Å². The zero-order chi connectivity index (χ0) is 11.5. The Morgan fingerprint density at radius 3 is 2.94 bits per heavy atom. The third-order valence-corrected chi connectivity index (χ3v) is 3.20. The standard InChI is InChI=1S/C10H12N2O3S/c1-14-8(15-2)5-12-6-11-7-3-4-16-9(7)10(12)13/h3-4,6,8H,5H2,1-2H3. The van der Waals surface area contributed by atoms with Gasteiger partial charge < -0.3 is 9.47 Å². The molecule has 5 nitrogen and oxygen atoms in total. The minimum atomic E-state index is -0.433. The summed E-state index contributed by atoms with van der Waals surface area (Å²) in [4.78, 5) is 16.2. The second kappa shape index (κ2) is 4.73. The van der Waals surface area contributed by atoms with Crippen LogP contribution in [0.4, 0.5) is 0 Å². The summed E-state index contributed by atoms with van der Waals surface area (Å²) in [7, 11) is 3.08. The Morgan fingerprint density at radius 2 is 2.25 bits per heavy atom. The predicted octanol–water partition coefficient (Wildman–Crippen LogP) is 1.08. The van der Waals surface area contributed by atoms with E-state index < -0.39 is 6.29 Å².